The number of amides is 2. The lowest BCUT2D eigenvalue weighted by Gasteiger charge is -2.24. The van der Waals surface area contributed by atoms with Crippen molar-refractivity contribution in [1.82, 2.24) is 10.2 Å². The number of carboxylic acids is 1. The molecule has 180 valence electrons. The number of hydrogen-bond acceptors (Lipinski definition) is 4. The van der Waals surface area contributed by atoms with Gasteiger partial charge in [-0.2, -0.15) is 0 Å². The molecule has 0 bridgehead atoms. The predicted octanol–water partition coefficient (Wildman–Crippen LogP) is 4.07. The molecule has 2 N–H and O–H groups in total. The van der Waals surface area contributed by atoms with Crippen molar-refractivity contribution < 1.29 is 24.2 Å². The number of carbonyl (C=O) groups excluding carboxylic acids is 2. The Bertz CT molecular complexity index is 1170. The van der Waals surface area contributed by atoms with Gasteiger partial charge in [0, 0.05) is 13.0 Å². The van der Waals surface area contributed by atoms with Crippen molar-refractivity contribution in [1.29, 1.82) is 0 Å². The molecular weight excluding hydrogens is 444 g/mol. The number of aliphatic carboxylic acids is 1. The number of ether oxygens (including phenoxy) is 1. The number of hydrogen-bond donors (Lipinski definition) is 2. The highest BCUT2D eigenvalue weighted by Gasteiger charge is 2.30. The van der Waals surface area contributed by atoms with Gasteiger partial charge in [0.1, 0.15) is 19.2 Å². The first-order valence-electron chi connectivity index (χ1n) is 11.6. The second kappa shape index (κ2) is 10.9. The molecule has 0 aliphatic heterocycles. The Balaban J connectivity index is 1.43. The zero-order valence-corrected chi connectivity index (χ0v) is 19.5. The molecule has 0 heterocycles. The number of likely N-dealkylation sites (N-methyl/N-ethyl adjacent to an activating group) is 1. The Labute approximate surface area is 204 Å². The van der Waals surface area contributed by atoms with Crippen LogP contribution < -0.4 is 5.32 Å². The van der Waals surface area contributed by atoms with Crippen LogP contribution >= 0.6 is 0 Å². The molecule has 2 amide bonds. The van der Waals surface area contributed by atoms with Gasteiger partial charge in [-0.3, -0.25) is 9.59 Å². The molecule has 7 nitrogen and oxygen atoms in total. The number of carboxylic acid groups (broad SMARTS) is 1. The van der Waals surface area contributed by atoms with Crippen molar-refractivity contribution in [2.75, 3.05) is 20.2 Å². The van der Waals surface area contributed by atoms with Crippen LogP contribution in [-0.4, -0.2) is 54.2 Å². The first-order valence-corrected chi connectivity index (χ1v) is 11.6. The summed E-state index contributed by atoms with van der Waals surface area (Å²) in [4.78, 5) is 37.9. The number of benzene rings is 3. The fourth-order valence-electron chi connectivity index (χ4n) is 4.54. The monoisotopic (exact) mass is 472 g/mol. The van der Waals surface area contributed by atoms with E-state index < -0.39 is 30.6 Å². The highest BCUT2D eigenvalue weighted by Crippen LogP contribution is 2.44. The lowest BCUT2D eigenvalue weighted by atomic mass is 9.98. The minimum Gasteiger partial charge on any atom is -0.480 e. The number of carbonyl (C=O) groups is 3. The van der Waals surface area contributed by atoms with Gasteiger partial charge in [-0.05, 0) is 40.7 Å². The van der Waals surface area contributed by atoms with E-state index in [1.54, 1.807) is 0 Å². The SMILES string of the molecule is CN(CC(=O)O)C(=O)[C@H](CCc1ccccc1)NC(=O)OCC1c2ccccc2-c2ccccc21. The Morgan fingerprint density at radius 1 is 0.914 bits per heavy atom. The number of aryl methyl sites for hydroxylation is 1. The summed E-state index contributed by atoms with van der Waals surface area (Å²) in [5, 5.41) is 11.7. The van der Waals surface area contributed by atoms with Gasteiger partial charge >= 0.3 is 12.1 Å². The van der Waals surface area contributed by atoms with Crippen molar-refractivity contribution in [2.24, 2.45) is 0 Å². The van der Waals surface area contributed by atoms with Gasteiger partial charge in [0.15, 0.2) is 0 Å². The summed E-state index contributed by atoms with van der Waals surface area (Å²) in [6, 6.07) is 24.8. The Morgan fingerprint density at radius 2 is 1.49 bits per heavy atom. The molecule has 3 aromatic rings. The lowest BCUT2D eigenvalue weighted by Crippen LogP contribution is -2.49. The molecule has 0 aromatic heterocycles. The third-order valence-electron chi connectivity index (χ3n) is 6.25. The normalized spacial score (nSPS) is 12.8. The summed E-state index contributed by atoms with van der Waals surface area (Å²) in [5.74, 6) is -1.69. The molecule has 0 saturated carbocycles. The zero-order chi connectivity index (χ0) is 24.8. The maximum absolute atomic E-state index is 12.9. The fraction of sp³-hybridized carbons (Fsp3) is 0.250. The predicted molar refractivity (Wildman–Crippen MR) is 132 cm³/mol. The van der Waals surface area contributed by atoms with E-state index in [0.29, 0.717) is 12.8 Å². The minimum atomic E-state index is -1.12. The van der Waals surface area contributed by atoms with E-state index in [4.69, 9.17) is 9.84 Å². The van der Waals surface area contributed by atoms with Gasteiger partial charge in [-0.25, -0.2) is 4.79 Å². The summed E-state index contributed by atoms with van der Waals surface area (Å²) in [6.45, 7) is -0.322. The molecule has 0 fully saturated rings. The number of nitrogens with zero attached hydrogens (tertiary/aromatic N) is 1. The average molecular weight is 473 g/mol. The zero-order valence-electron chi connectivity index (χ0n) is 19.5. The van der Waals surface area contributed by atoms with Crippen molar-refractivity contribution in [3.63, 3.8) is 0 Å². The number of fused-ring (bicyclic) bond motifs is 3. The quantitative estimate of drug-likeness (QED) is 0.490. The summed E-state index contributed by atoms with van der Waals surface area (Å²) < 4.78 is 5.60. The number of rotatable bonds is 9. The number of nitrogens with one attached hydrogen (secondary N) is 1. The molecule has 0 saturated heterocycles. The van der Waals surface area contributed by atoms with E-state index in [2.05, 4.69) is 17.4 Å². The van der Waals surface area contributed by atoms with Gasteiger partial charge < -0.3 is 20.1 Å². The van der Waals surface area contributed by atoms with Gasteiger partial charge in [-0.1, -0.05) is 78.9 Å². The van der Waals surface area contributed by atoms with Crippen LogP contribution in [0.15, 0.2) is 78.9 Å². The van der Waals surface area contributed by atoms with Crippen molar-refractivity contribution in [3.05, 3.63) is 95.6 Å². The summed E-state index contributed by atoms with van der Waals surface area (Å²) >= 11 is 0. The molecule has 0 spiro atoms. The first kappa shape index (κ1) is 24.0. The van der Waals surface area contributed by atoms with Crippen LogP contribution in [0.2, 0.25) is 0 Å². The topological polar surface area (TPSA) is 95.9 Å². The van der Waals surface area contributed by atoms with Crippen molar-refractivity contribution in [2.45, 2.75) is 24.8 Å². The molecular formula is C28H28N2O5. The van der Waals surface area contributed by atoms with Crippen molar-refractivity contribution >= 4 is 18.0 Å². The summed E-state index contributed by atoms with van der Waals surface area (Å²) in [5.41, 5.74) is 5.46. The summed E-state index contributed by atoms with van der Waals surface area (Å²) in [7, 11) is 1.41. The number of alkyl carbamates (subject to hydrolysis) is 1. The van der Waals surface area contributed by atoms with Crippen LogP contribution in [0, 0.1) is 0 Å². The van der Waals surface area contributed by atoms with E-state index in [-0.39, 0.29) is 12.5 Å². The molecule has 4 rings (SSSR count). The van der Waals surface area contributed by atoms with E-state index in [1.807, 2.05) is 66.7 Å². The van der Waals surface area contributed by atoms with Gasteiger partial charge in [-0.15, -0.1) is 0 Å². The van der Waals surface area contributed by atoms with Crippen LogP contribution in [0.4, 0.5) is 4.79 Å². The molecule has 1 aliphatic carbocycles. The molecule has 35 heavy (non-hydrogen) atoms. The third kappa shape index (κ3) is 5.69. The van der Waals surface area contributed by atoms with E-state index in [1.165, 1.54) is 7.05 Å². The fourth-order valence-corrected chi connectivity index (χ4v) is 4.54. The molecule has 3 aromatic carbocycles. The molecule has 1 atom stereocenters. The lowest BCUT2D eigenvalue weighted by molar-refractivity contribution is -0.144. The van der Waals surface area contributed by atoms with Crippen molar-refractivity contribution in [3.8, 4) is 11.1 Å². The van der Waals surface area contributed by atoms with Crippen LogP contribution in [0.1, 0.15) is 29.0 Å². The standard InChI is InChI=1S/C28H28N2O5/c1-30(17-26(31)32)27(33)25(16-15-19-9-3-2-4-10-19)29-28(34)35-18-24-22-13-7-5-11-20(22)21-12-6-8-14-23(21)24/h2-14,24-25H,15-18H2,1H3,(H,29,34)(H,31,32)/t25-/m0/s1. The van der Waals surface area contributed by atoms with Crippen LogP contribution in [-0.2, 0) is 20.7 Å². The molecule has 1 aliphatic rings. The second-order valence-corrected chi connectivity index (χ2v) is 8.63. The summed E-state index contributed by atoms with van der Waals surface area (Å²) in [6.07, 6.45) is 0.153. The van der Waals surface area contributed by atoms with Gasteiger partial charge in [0.2, 0.25) is 5.91 Å². The Morgan fingerprint density at radius 3 is 2.09 bits per heavy atom. The molecule has 7 heteroatoms. The highest BCUT2D eigenvalue weighted by atomic mass is 16.5. The Kier molecular flexibility index (Phi) is 7.45. The Hall–Kier alpha value is -4.13. The first-order chi connectivity index (χ1) is 16.9. The highest BCUT2D eigenvalue weighted by molar-refractivity contribution is 5.88. The maximum Gasteiger partial charge on any atom is 0.407 e. The molecule has 0 radical (unpaired) electrons. The third-order valence-corrected chi connectivity index (χ3v) is 6.25. The van der Waals surface area contributed by atoms with E-state index in [0.717, 1.165) is 32.7 Å². The minimum absolute atomic E-state index is 0.0960. The van der Waals surface area contributed by atoms with Crippen LogP contribution in [0.25, 0.3) is 11.1 Å². The van der Waals surface area contributed by atoms with E-state index >= 15 is 0 Å². The maximum atomic E-state index is 12.9. The average Bonchev–Trinajstić information content (AvgIpc) is 3.18. The molecule has 0 unspecified atom stereocenters. The van der Waals surface area contributed by atoms with Gasteiger partial charge in [0.05, 0.1) is 0 Å². The van der Waals surface area contributed by atoms with Crippen LogP contribution in [0.5, 0.6) is 0 Å². The second-order valence-electron chi connectivity index (χ2n) is 8.63. The van der Waals surface area contributed by atoms with E-state index in [9.17, 15) is 14.4 Å². The van der Waals surface area contributed by atoms with Gasteiger partial charge in [0.25, 0.3) is 0 Å². The largest absolute Gasteiger partial charge is 0.480 e. The smallest absolute Gasteiger partial charge is 0.407 e. The van der Waals surface area contributed by atoms with Crippen LogP contribution in [0.3, 0.4) is 0 Å².